The van der Waals surface area contributed by atoms with Crippen LogP contribution in [-0.2, 0) is 4.74 Å². The highest BCUT2D eigenvalue weighted by molar-refractivity contribution is 5.87. The third-order valence-corrected chi connectivity index (χ3v) is 1.45. The van der Waals surface area contributed by atoms with Gasteiger partial charge in [-0.15, -0.1) is 0 Å². The Labute approximate surface area is 74.3 Å². The van der Waals surface area contributed by atoms with Gasteiger partial charge in [-0.1, -0.05) is 0 Å². The molecule has 0 amide bonds. The maximum Gasteiger partial charge on any atom is 0.359 e. The number of carbonyl (C=O) groups excluding carboxylic acids is 1. The van der Waals surface area contributed by atoms with E-state index < -0.39 is 11.8 Å². The molecule has 4 nitrogen and oxygen atoms in total. The number of nitrogens with zero attached hydrogens (tertiary/aromatic N) is 1. The Kier molecular flexibility index (Phi) is 2.79. The van der Waals surface area contributed by atoms with Crippen LogP contribution in [-0.4, -0.2) is 25.2 Å². The largest absolute Gasteiger partial charge is 0.494 e. The molecule has 1 aromatic heterocycles. The van der Waals surface area contributed by atoms with E-state index in [1.54, 1.807) is 0 Å². The first-order chi connectivity index (χ1) is 6.20. The summed E-state index contributed by atoms with van der Waals surface area (Å²) in [7, 11) is 2.46. The Bertz CT molecular complexity index is 327. The van der Waals surface area contributed by atoms with E-state index >= 15 is 0 Å². The van der Waals surface area contributed by atoms with Gasteiger partial charge in [-0.05, 0) is 0 Å². The van der Waals surface area contributed by atoms with Crippen LogP contribution in [0, 0.1) is 5.82 Å². The predicted octanol–water partition coefficient (Wildman–Crippen LogP) is 1.02. The second kappa shape index (κ2) is 3.84. The summed E-state index contributed by atoms with van der Waals surface area (Å²) in [5.74, 6) is -1.66. The number of esters is 1. The highest BCUT2D eigenvalue weighted by Crippen LogP contribution is 2.17. The van der Waals surface area contributed by atoms with Crippen molar-refractivity contribution < 1.29 is 18.7 Å². The standard InChI is InChI=1S/C8H8FNO3/c1-12-5-3-4-10-7(6(5)9)8(11)13-2/h3-4H,1-2H3. The molecule has 0 saturated carbocycles. The number of hydrogen-bond acceptors (Lipinski definition) is 4. The molecule has 0 spiro atoms. The normalized spacial score (nSPS) is 9.46. The summed E-state index contributed by atoms with van der Waals surface area (Å²) in [6.45, 7) is 0. The van der Waals surface area contributed by atoms with Gasteiger partial charge in [-0.2, -0.15) is 0 Å². The predicted molar refractivity (Wildman–Crippen MR) is 42.1 cm³/mol. The molecule has 13 heavy (non-hydrogen) atoms. The van der Waals surface area contributed by atoms with Gasteiger partial charge >= 0.3 is 5.97 Å². The van der Waals surface area contributed by atoms with Crippen molar-refractivity contribution >= 4 is 5.97 Å². The van der Waals surface area contributed by atoms with Crippen LogP contribution < -0.4 is 4.74 Å². The number of pyridine rings is 1. The molecule has 0 aliphatic carbocycles. The number of carbonyl (C=O) groups is 1. The summed E-state index contributed by atoms with van der Waals surface area (Å²) in [6.07, 6.45) is 1.27. The van der Waals surface area contributed by atoms with Crippen molar-refractivity contribution in [2.75, 3.05) is 14.2 Å². The fraction of sp³-hybridized carbons (Fsp3) is 0.250. The minimum Gasteiger partial charge on any atom is -0.494 e. The number of ether oxygens (including phenoxy) is 2. The van der Waals surface area contributed by atoms with Crippen molar-refractivity contribution in [3.05, 3.63) is 23.8 Å². The maximum atomic E-state index is 13.2. The van der Waals surface area contributed by atoms with Gasteiger partial charge in [0, 0.05) is 12.3 Å². The minimum atomic E-state index is -0.823. The minimum absolute atomic E-state index is 0.0320. The Morgan fingerprint density at radius 1 is 1.54 bits per heavy atom. The molecule has 0 aliphatic rings. The first-order valence-electron chi connectivity index (χ1n) is 3.47. The fourth-order valence-electron chi connectivity index (χ4n) is 0.823. The molecule has 0 saturated heterocycles. The molecule has 5 heteroatoms. The zero-order valence-electron chi connectivity index (χ0n) is 7.20. The third kappa shape index (κ3) is 1.74. The lowest BCUT2D eigenvalue weighted by atomic mass is 10.3. The first kappa shape index (κ1) is 9.44. The van der Waals surface area contributed by atoms with E-state index in [2.05, 4.69) is 14.5 Å². The number of methoxy groups -OCH3 is 2. The Morgan fingerprint density at radius 2 is 2.23 bits per heavy atom. The Hall–Kier alpha value is -1.65. The molecule has 0 bridgehead atoms. The molecule has 70 valence electrons. The maximum absolute atomic E-state index is 13.2. The summed E-state index contributed by atoms with van der Waals surface area (Å²) in [5, 5.41) is 0. The van der Waals surface area contributed by atoms with E-state index in [-0.39, 0.29) is 11.4 Å². The summed E-state index contributed by atoms with van der Waals surface area (Å²) in [4.78, 5) is 14.5. The Morgan fingerprint density at radius 3 is 2.77 bits per heavy atom. The van der Waals surface area contributed by atoms with E-state index in [0.717, 1.165) is 7.11 Å². The zero-order chi connectivity index (χ0) is 9.84. The van der Waals surface area contributed by atoms with Gasteiger partial charge in [0.2, 0.25) is 0 Å². The highest BCUT2D eigenvalue weighted by Gasteiger charge is 2.17. The second-order valence-electron chi connectivity index (χ2n) is 2.17. The van der Waals surface area contributed by atoms with Crippen molar-refractivity contribution in [1.29, 1.82) is 0 Å². The van der Waals surface area contributed by atoms with Gasteiger partial charge < -0.3 is 9.47 Å². The second-order valence-corrected chi connectivity index (χ2v) is 2.17. The summed E-state index contributed by atoms with van der Waals surface area (Å²) in [6, 6.07) is 1.32. The quantitative estimate of drug-likeness (QED) is 0.645. The van der Waals surface area contributed by atoms with Crippen LogP contribution in [0.25, 0.3) is 0 Å². The molecule has 0 unspecified atom stereocenters. The van der Waals surface area contributed by atoms with E-state index in [1.165, 1.54) is 19.4 Å². The molecule has 0 radical (unpaired) electrons. The summed E-state index contributed by atoms with van der Waals surface area (Å²) < 4.78 is 22.2. The third-order valence-electron chi connectivity index (χ3n) is 1.45. The van der Waals surface area contributed by atoms with Crippen LogP contribution >= 0.6 is 0 Å². The topological polar surface area (TPSA) is 48.4 Å². The van der Waals surface area contributed by atoms with Gasteiger partial charge in [0.05, 0.1) is 14.2 Å². The van der Waals surface area contributed by atoms with E-state index in [4.69, 9.17) is 0 Å². The molecule has 1 rings (SSSR count). The molecule has 1 heterocycles. The number of hydrogen-bond donors (Lipinski definition) is 0. The van der Waals surface area contributed by atoms with Crippen molar-refractivity contribution in [2.24, 2.45) is 0 Å². The smallest absolute Gasteiger partial charge is 0.359 e. The molecule has 0 fully saturated rings. The van der Waals surface area contributed by atoms with Crippen LogP contribution in [0.5, 0.6) is 5.75 Å². The summed E-state index contributed by atoms with van der Waals surface area (Å²) >= 11 is 0. The van der Waals surface area contributed by atoms with Gasteiger partial charge in [-0.25, -0.2) is 14.2 Å². The van der Waals surface area contributed by atoms with Crippen LogP contribution in [0.1, 0.15) is 10.5 Å². The zero-order valence-corrected chi connectivity index (χ0v) is 7.20. The molecule has 0 atom stereocenters. The Balaban J connectivity index is 3.15. The van der Waals surface area contributed by atoms with E-state index in [9.17, 15) is 9.18 Å². The van der Waals surface area contributed by atoms with E-state index in [1.807, 2.05) is 0 Å². The van der Waals surface area contributed by atoms with Gasteiger partial charge in [-0.3, -0.25) is 0 Å². The lowest BCUT2D eigenvalue weighted by Crippen LogP contribution is -2.08. The lowest BCUT2D eigenvalue weighted by molar-refractivity contribution is 0.0587. The lowest BCUT2D eigenvalue weighted by Gasteiger charge is -2.03. The molecule has 1 aromatic rings. The van der Waals surface area contributed by atoms with Crippen LogP contribution in [0.15, 0.2) is 12.3 Å². The molecular weight excluding hydrogens is 177 g/mol. The SMILES string of the molecule is COC(=O)c1nccc(OC)c1F. The van der Waals surface area contributed by atoms with Crippen LogP contribution in [0.3, 0.4) is 0 Å². The molecule has 0 aromatic carbocycles. The number of rotatable bonds is 2. The van der Waals surface area contributed by atoms with Crippen molar-refractivity contribution in [2.45, 2.75) is 0 Å². The number of halogens is 1. The fourth-order valence-corrected chi connectivity index (χ4v) is 0.823. The molecule has 0 aliphatic heterocycles. The van der Waals surface area contributed by atoms with Gasteiger partial charge in [0.25, 0.3) is 0 Å². The average molecular weight is 185 g/mol. The van der Waals surface area contributed by atoms with Crippen LogP contribution in [0.2, 0.25) is 0 Å². The molecular formula is C8H8FNO3. The highest BCUT2D eigenvalue weighted by atomic mass is 19.1. The summed E-state index contributed by atoms with van der Waals surface area (Å²) in [5.41, 5.74) is -0.373. The van der Waals surface area contributed by atoms with Gasteiger partial charge in [0.1, 0.15) is 0 Å². The van der Waals surface area contributed by atoms with Crippen molar-refractivity contribution in [3.63, 3.8) is 0 Å². The average Bonchev–Trinajstić information content (AvgIpc) is 2.17. The van der Waals surface area contributed by atoms with Crippen molar-refractivity contribution in [3.8, 4) is 5.75 Å². The van der Waals surface area contributed by atoms with Gasteiger partial charge in [0.15, 0.2) is 17.3 Å². The first-order valence-corrected chi connectivity index (χ1v) is 3.47. The van der Waals surface area contributed by atoms with E-state index in [0.29, 0.717) is 0 Å². The monoisotopic (exact) mass is 185 g/mol. The van der Waals surface area contributed by atoms with Crippen molar-refractivity contribution in [1.82, 2.24) is 4.98 Å². The number of aromatic nitrogens is 1. The molecule has 0 N–H and O–H groups in total. The van der Waals surface area contributed by atoms with Crippen LogP contribution in [0.4, 0.5) is 4.39 Å².